The molecular formula is C22H36FN7O3S. The third-order valence-electron chi connectivity index (χ3n) is 5.65. The molecule has 0 amide bonds. The molecule has 1 aliphatic heterocycles. The number of anilines is 1. The SMILES string of the molecule is Cc1cnc(N[C@H]2CCN(S(=O)(=O)CCCN(C)C)C[C@H]2F)nc1-c1cnn(CC(C)(C)O)c1. The molecule has 1 fully saturated rings. The van der Waals surface area contributed by atoms with Crippen LogP contribution >= 0.6 is 0 Å². The van der Waals surface area contributed by atoms with Crippen LogP contribution in [0.15, 0.2) is 18.6 Å². The van der Waals surface area contributed by atoms with Crippen LogP contribution in [0.3, 0.4) is 0 Å². The van der Waals surface area contributed by atoms with Crippen LogP contribution in [0.25, 0.3) is 11.3 Å². The molecule has 0 unspecified atom stereocenters. The summed E-state index contributed by atoms with van der Waals surface area (Å²) in [5.41, 5.74) is 1.36. The first-order valence-electron chi connectivity index (χ1n) is 11.5. The monoisotopic (exact) mass is 497 g/mol. The zero-order chi connectivity index (χ0) is 25.1. The van der Waals surface area contributed by atoms with Gasteiger partial charge >= 0.3 is 0 Å². The van der Waals surface area contributed by atoms with Crippen molar-refractivity contribution in [3.8, 4) is 11.3 Å². The van der Waals surface area contributed by atoms with Crippen molar-refractivity contribution in [1.29, 1.82) is 0 Å². The van der Waals surface area contributed by atoms with E-state index >= 15 is 0 Å². The Hall–Kier alpha value is -2.15. The van der Waals surface area contributed by atoms with Gasteiger partial charge < -0.3 is 15.3 Å². The molecule has 0 bridgehead atoms. The van der Waals surface area contributed by atoms with Crippen LogP contribution in [0.2, 0.25) is 0 Å². The van der Waals surface area contributed by atoms with E-state index in [1.165, 1.54) is 4.31 Å². The number of hydrogen-bond donors (Lipinski definition) is 2. The maximum atomic E-state index is 15.0. The number of sulfonamides is 1. The van der Waals surface area contributed by atoms with Gasteiger partial charge in [-0.1, -0.05) is 0 Å². The maximum absolute atomic E-state index is 15.0. The molecule has 2 aromatic heterocycles. The van der Waals surface area contributed by atoms with Crippen molar-refractivity contribution in [2.24, 2.45) is 0 Å². The van der Waals surface area contributed by atoms with Gasteiger partial charge in [-0.25, -0.2) is 22.8 Å². The van der Waals surface area contributed by atoms with E-state index in [0.717, 1.165) is 11.1 Å². The average molecular weight is 498 g/mol. The summed E-state index contributed by atoms with van der Waals surface area (Å²) in [4.78, 5) is 10.8. The van der Waals surface area contributed by atoms with Gasteiger partial charge in [0.25, 0.3) is 0 Å². The van der Waals surface area contributed by atoms with Crippen LogP contribution in [0.1, 0.15) is 32.3 Å². The molecule has 1 aliphatic rings. The molecule has 3 rings (SSSR count). The highest BCUT2D eigenvalue weighted by atomic mass is 32.2. The molecule has 0 spiro atoms. The summed E-state index contributed by atoms with van der Waals surface area (Å²) < 4.78 is 43.0. The van der Waals surface area contributed by atoms with Crippen LogP contribution in [0, 0.1) is 6.92 Å². The van der Waals surface area contributed by atoms with Gasteiger partial charge in [0, 0.05) is 31.0 Å². The topological polar surface area (TPSA) is 116 Å². The highest BCUT2D eigenvalue weighted by molar-refractivity contribution is 7.89. The second-order valence-electron chi connectivity index (χ2n) is 9.85. The second kappa shape index (κ2) is 10.6. The molecule has 2 aromatic rings. The Morgan fingerprint density at radius 2 is 2.06 bits per heavy atom. The van der Waals surface area contributed by atoms with Gasteiger partial charge in [0.1, 0.15) is 6.17 Å². The molecule has 2 N–H and O–H groups in total. The highest BCUT2D eigenvalue weighted by Crippen LogP contribution is 2.24. The Kier molecular flexibility index (Phi) is 8.27. The average Bonchev–Trinajstić information content (AvgIpc) is 3.16. The van der Waals surface area contributed by atoms with Crippen LogP contribution in [-0.2, 0) is 16.6 Å². The zero-order valence-electron chi connectivity index (χ0n) is 20.6. The minimum absolute atomic E-state index is 0.0155. The minimum Gasteiger partial charge on any atom is -0.389 e. The first kappa shape index (κ1) is 26.5. The molecule has 0 saturated carbocycles. The Bertz CT molecular complexity index is 1070. The van der Waals surface area contributed by atoms with Gasteiger partial charge in [-0.05, 0) is 59.8 Å². The summed E-state index contributed by atoms with van der Waals surface area (Å²) in [7, 11) is 0.295. The number of nitrogens with one attached hydrogen (secondary N) is 1. The molecule has 1 saturated heterocycles. The van der Waals surface area contributed by atoms with Crippen molar-refractivity contribution in [1.82, 2.24) is 29.0 Å². The lowest BCUT2D eigenvalue weighted by molar-refractivity contribution is 0.0577. The van der Waals surface area contributed by atoms with E-state index in [2.05, 4.69) is 20.4 Å². The van der Waals surface area contributed by atoms with E-state index in [-0.39, 0.29) is 24.8 Å². The lowest BCUT2D eigenvalue weighted by Crippen LogP contribution is -2.50. The Morgan fingerprint density at radius 1 is 1.32 bits per heavy atom. The summed E-state index contributed by atoms with van der Waals surface area (Å²) in [5, 5.41) is 17.4. The fourth-order valence-corrected chi connectivity index (χ4v) is 5.43. The lowest BCUT2D eigenvalue weighted by atomic mass is 10.1. The standard InChI is InChI=1S/C22H36FN7O3S/c1-16-11-24-21(27-20(16)17-12-25-29(13-17)15-22(2,3)31)26-19-7-9-30(14-18(19)23)34(32,33)10-6-8-28(4)5/h11-13,18-19,31H,6-10,14-15H2,1-5H3,(H,24,26,27)/t18-,19+/m1/s1. The third-order valence-corrected chi connectivity index (χ3v) is 7.57. The number of nitrogens with zero attached hydrogens (tertiary/aromatic N) is 6. The summed E-state index contributed by atoms with van der Waals surface area (Å²) in [5.74, 6) is 0.299. The largest absolute Gasteiger partial charge is 0.389 e. The highest BCUT2D eigenvalue weighted by Gasteiger charge is 2.35. The van der Waals surface area contributed by atoms with Crippen molar-refractivity contribution in [2.45, 2.75) is 58.0 Å². The van der Waals surface area contributed by atoms with Crippen molar-refractivity contribution in [2.75, 3.05) is 44.8 Å². The number of aliphatic hydroxyl groups is 1. The van der Waals surface area contributed by atoms with E-state index in [4.69, 9.17) is 0 Å². The Labute approximate surface area is 201 Å². The van der Waals surface area contributed by atoms with Crippen molar-refractivity contribution >= 4 is 16.0 Å². The number of halogens is 1. The number of aromatic nitrogens is 4. The Balaban J connectivity index is 1.65. The van der Waals surface area contributed by atoms with Crippen molar-refractivity contribution in [3.05, 3.63) is 24.2 Å². The molecule has 12 heteroatoms. The predicted molar refractivity (Wildman–Crippen MR) is 130 cm³/mol. The zero-order valence-corrected chi connectivity index (χ0v) is 21.4. The predicted octanol–water partition coefficient (Wildman–Crippen LogP) is 1.53. The number of rotatable bonds is 10. The first-order valence-corrected chi connectivity index (χ1v) is 13.1. The van der Waals surface area contributed by atoms with Gasteiger partial charge in [-0.15, -0.1) is 0 Å². The van der Waals surface area contributed by atoms with Crippen molar-refractivity contribution < 1.29 is 17.9 Å². The van der Waals surface area contributed by atoms with E-state index in [1.807, 2.05) is 25.9 Å². The fourth-order valence-electron chi connectivity index (χ4n) is 3.92. The summed E-state index contributed by atoms with van der Waals surface area (Å²) in [6.07, 6.45) is 4.59. The third kappa shape index (κ3) is 7.17. The molecule has 190 valence electrons. The van der Waals surface area contributed by atoms with E-state index < -0.39 is 27.8 Å². The minimum atomic E-state index is -3.49. The number of aryl methyl sites for hydroxylation is 1. The van der Waals surface area contributed by atoms with Crippen molar-refractivity contribution in [3.63, 3.8) is 0 Å². The quantitative estimate of drug-likeness (QED) is 0.508. The second-order valence-corrected chi connectivity index (χ2v) is 11.9. The first-order chi connectivity index (χ1) is 15.8. The number of alkyl halides is 1. The van der Waals surface area contributed by atoms with Gasteiger partial charge in [-0.2, -0.15) is 9.40 Å². The fraction of sp³-hybridized carbons (Fsp3) is 0.682. The molecule has 3 heterocycles. The van der Waals surface area contributed by atoms with E-state index in [9.17, 15) is 17.9 Å². The summed E-state index contributed by atoms with van der Waals surface area (Å²) >= 11 is 0. The van der Waals surface area contributed by atoms with Gasteiger partial charge in [0.15, 0.2) is 0 Å². The van der Waals surface area contributed by atoms with E-state index in [0.29, 0.717) is 31.6 Å². The van der Waals surface area contributed by atoms with Crippen LogP contribution < -0.4 is 5.32 Å². The smallest absolute Gasteiger partial charge is 0.223 e. The molecule has 0 radical (unpaired) electrons. The van der Waals surface area contributed by atoms with Gasteiger partial charge in [0.2, 0.25) is 16.0 Å². The summed E-state index contributed by atoms with van der Waals surface area (Å²) in [6.45, 7) is 6.38. The molecule has 34 heavy (non-hydrogen) atoms. The summed E-state index contributed by atoms with van der Waals surface area (Å²) in [6, 6.07) is -0.582. The molecule has 2 atom stereocenters. The lowest BCUT2D eigenvalue weighted by Gasteiger charge is -2.34. The molecule has 0 aromatic carbocycles. The molecule has 0 aliphatic carbocycles. The van der Waals surface area contributed by atoms with Crippen LogP contribution in [-0.4, -0.2) is 99.8 Å². The normalized spacial score (nSPS) is 20.1. The molecular weight excluding hydrogens is 461 g/mol. The number of piperidine rings is 1. The molecule has 10 nitrogen and oxygen atoms in total. The maximum Gasteiger partial charge on any atom is 0.223 e. The van der Waals surface area contributed by atoms with Gasteiger partial charge in [-0.3, -0.25) is 4.68 Å². The number of hydrogen-bond acceptors (Lipinski definition) is 8. The van der Waals surface area contributed by atoms with Crippen LogP contribution in [0.4, 0.5) is 10.3 Å². The van der Waals surface area contributed by atoms with Gasteiger partial charge in [0.05, 0.1) is 35.8 Å². The van der Waals surface area contributed by atoms with Crippen LogP contribution in [0.5, 0.6) is 0 Å². The Morgan fingerprint density at radius 3 is 2.71 bits per heavy atom. The van der Waals surface area contributed by atoms with E-state index in [1.54, 1.807) is 37.1 Å².